The second-order valence-electron chi connectivity index (χ2n) is 20.2. The summed E-state index contributed by atoms with van der Waals surface area (Å²) in [6, 6.07) is 0. The van der Waals surface area contributed by atoms with Crippen molar-refractivity contribution in [1.29, 1.82) is 0 Å². The van der Waals surface area contributed by atoms with Crippen LogP contribution in [0.1, 0.15) is 290 Å². The quantitative estimate of drug-likeness (QED) is 0.0261. The van der Waals surface area contributed by atoms with Crippen LogP contribution in [0, 0.1) is 0 Å². The van der Waals surface area contributed by atoms with Crippen molar-refractivity contribution in [2.24, 2.45) is 0 Å². The van der Waals surface area contributed by atoms with Gasteiger partial charge in [0.1, 0.15) is 13.2 Å². The molecule has 6 nitrogen and oxygen atoms in total. The van der Waals surface area contributed by atoms with Gasteiger partial charge < -0.3 is 14.2 Å². The maximum atomic E-state index is 12.9. The third kappa shape index (κ3) is 59.1. The van der Waals surface area contributed by atoms with Gasteiger partial charge in [0.2, 0.25) is 0 Å². The van der Waals surface area contributed by atoms with Crippen molar-refractivity contribution in [3.63, 3.8) is 0 Å². The molecule has 0 saturated carbocycles. The van der Waals surface area contributed by atoms with E-state index in [0.29, 0.717) is 19.3 Å². The monoisotopic (exact) mass is 1010 g/mol. The normalized spacial score (nSPS) is 12.8. The fraction of sp³-hybridized carbons (Fsp3) is 0.716. The number of esters is 3. The minimum Gasteiger partial charge on any atom is -0.462 e. The van der Waals surface area contributed by atoms with Crippen LogP contribution in [0.25, 0.3) is 0 Å². The lowest BCUT2D eigenvalue weighted by atomic mass is 10.0. The first kappa shape index (κ1) is 69.3. The van der Waals surface area contributed by atoms with E-state index in [4.69, 9.17) is 14.2 Å². The topological polar surface area (TPSA) is 78.9 Å². The molecular formula is C67H114O6. The van der Waals surface area contributed by atoms with E-state index in [1.165, 1.54) is 128 Å². The third-order valence-corrected chi connectivity index (χ3v) is 13.1. The van der Waals surface area contributed by atoms with E-state index in [1.54, 1.807) is 0 Å². The van der Waals surface area contributed by atoms with Gasteiger partial charge in [0.05, 0.1) is 0 Å². The molecule has 0 saturated heterocycles. The van der Waals surface area contributed by atoms with Crippen LogP contribution in [-0.2, 0) is 28.6 Å². The fourth-order valence-corrected chi connectivity index (χ4v) is 8.48. The van der Waals surface area contributed by atoms with Crippen molar-refractivity contribution >= 4 is 17.9 Å². The van der Waals surface area contributed by atoms with Crippen LogP contribution in [0.4, 0.5) is 0 Å². The molecule has 6 heteroatoms. The summed E-state index contributed by atoms with van der Waals surface area (Å²) in [5.74, 6) is -0.945. The Kier molecular flexibility index (Phi) is 57.8. The van der Waals surface area contributed by atoms with Gasteiger partial charge in [0, 0.05) is 19.3 Å². The number of carbonyl (C=O) groups excluding carboxylic acids is 3. The standard InChI is InChI=1S/C67H114O6/c1-4-7-10-13-16-19-22-25-28-31-33-34-35-37-39-42-45-48-51-54-57-60-66(69)72-63-64(62-71-65(68)59-56-53-50-47-44-41-38-30-27-24-21-18-15-12-9-6-3)73-67(70)61-58-55-52-49-46-43-40-36-32-29-26-23-20-17-14-11-8-5-2/h7,10,16,19,21,24-25,28,30,33-34,37-39,45,48,64H,4-6,8-9,11-15,17-18,20,22-23,26-27,29,31-32,35-36,40-44,46-47,49-63H2,1-3H3/b10-7-,19-16-,24-21-,28-25-,34-33-,38-30-,39-37-,48-45-. The van der Waals surface area contributed by atoms with E-state index < -0.39 is 6.10 Å². The van der Waals surface area contributed by atoms with Crippen LogP contribution in [0.5, 0.6) is 0 Å². The van der Waals surface area contributed by atoms with Crippen molar-refractivity contribution in [2.45, 2.75) is 297 Å². The second kappa shape index (κ2) is 60.9. The maximum Gasteiger partial charge on any atom is 0.306 e. The molecule has 0 aliphatic carbocycles. The predicted molar refractivity (Wildman–Crippen MR) is 316 cm³/mol. The lowest BCUT2D eigenvalue weighted by Gasteiger charge is -2.18. The zero-order valence-corrected chi connectivity index (χ0v) is 47.9. The number of unbranched alkanes of at least 4 members (excludes halogenated alkanes) is 28. The van der Waals surface area contributed by atoms with Crippen LogP contribution in [-0.4, -0.2) is 37.2 Å². The molecular weight excluding hydrogens is 901 g/mol. The largest absolute Gasteiger partial charge is 0.462 e. The SMILES string of the molecule is CC/C=C\C/C=C\C/C=C\C/C=C\C/C=C\C/C=C\CCCCC(=O)OCC(COC(=O)CCCCCCC/C=C\C/C=C\CCCCCC)OC(=O)CCCCCCCCCCCCCCCCCCCC. The summed E-state index contributed by atoms with van der Waals surface area (Å²) in [5.41, 5.74) is 0. The molecule has 0 amide bonds. The summed E-state index contributed by atoms with van der Waals surface area (Å²) < 4.78 is 16.9. The van der Waals surface area contributed by atoms with Gasteiger partial charge in [-0.25, -0.2) is 0 Å². The number of hydrogen-bond acceptors (Lipinski definition) is 6. The minimum atomic E-state index is -0.802. The van der Waals surface area contributed by atoms with Gasteiger partial charge in [-0.05, 0) is 103 Å². The molecule has 0 bridgehead atoms. The number of allylic oxidation sites excluding steroid dienone is 16. The highest BCUT2D eigenvalue weighted by Gasteiger charge is 2.19. The average molecular weight is 1020 g/mol. The fourth-order valence-electron chi connectivity index (χ4n) is 8.48. The first-order valence-electron chi connectivity index (χ1n) is 30.7. The summed E-state index contributed by atoms with van der Waals surface area (Å²) in [7, 11) is 0. The zero-order chi connectivity index (χ0) is 52.9. The Morgan fingerprint density at radius 1 is 0.288 bits per heavy atom. The Hall–Kier alpha value is -3.67. The molecule has 0 aliphatic heterocycles. The van der Waals surface area contributed by atoms with Gasteiger partial charge in [-0.15, -0.1) is 0 Å². The Labute approximate surface area is 451 Å². The molecule has 73 heavy (non-hydrogen) atoms. The van der Waals surface area contributed by atoms with Crippen LogP contribution in [0.2, 0.25) is 0 Å². The Morgan fingerprint density at radius 2 is 0.534 bits per heavy atom. The van der Waals surface area contributed by atoms with Gasteiger partial charge in [0.15, 0.2) is 6.10 Å². The Balaban J connectivity index is 4.47. The lowest BCUT2D eigenvalue weighted by Crippen LogP contribution is -2.30. The highest BCUT2D eigenvalue weighted by molar-refractivity contribution is 5.71. The van der Waals surface area contributed by atoms with Gasteiger partial charge in [-0.1, -0.05) is 266 Å². The highest BCUT2D eigenvalue weighted by atomic mass is 16.6. The minimum absolute atomic E-state index is 0.0972. The molecule has 0 aromatic rings. The van der Waals surface area contributed by atoms with Gasteiger partial charge >= 0.3 is 17.9 Å². The summed E-state index contributed by atoms with van der Waals surface area (Å²) in [6.45, 7) is 6.49. The molecule has 418 valence electrons. The number of carbonyl (C=O) groups is 3. The smallest absolute Gasteiger partial charge is 0.306 e. The number of rotatable bonds is 55. The lowest BCUT2D eigenvalue weighted by molar-refractivity contribution is -0.167. The highest BCUT2D eigenvalue weighted by Crippen LogP contribution is 2.16. The van der Waals surface area contributed by atoms with Crippen molar-refractivity contribution in [2.75, 3.05) is 13.2 Å². The molecule has 0 N–H and O–H groups in total. The molecule has 0 radical (unpaired) electrons. The molecule has 0 aromatic heterocycles. The van der Waals surface area contributed by atoms with E-state index in [0.717, 1.165) is 122 Å². The molecule has 0 aromatic carbocycles. The van der Waals surface area contributed by atoms with E-state index in [9.17, 15) is 14.4 Å². The Morgan fingerprint density at radius 3 is 0.877 bits per heavy atom. The van der Waals surface area contributed by atoms with Crippen molar-refractivity contribution in [3.05, 3.63) is 97.2 Å². The summed E-state index contributed by atoms with van der Waals surface area (Å²) >= 11 is 0. The maximum absolute atomic E-state index is 12.9. The first-order chi connectivity index (χ1) is 36.0. The van der Waals surface area contributed by atoms with E-state index in [2.05, 4.69) is 118 Å². The van der Waals surface area contributed by atoms with Crippen molar-refractivity contribution < 1.29 is 28.6 Å². The Bertz CT molecular complexity index is 1440. The predicted octanol–water partition coefficient (Wildman–Crippen LogP) is 20.9. The van der Waals surface area contributed by atoms with E-state index in [-0.39, 0.29) is 31.1 Å². The molecule has 1 unspecified atom stereocenters. The molecule has 0 rings (SSSR count). The third-order valence-electron chi connectivity index (χ3n) is 13.1. The molecule has 0 aliphatic rings. The summed E-state index contributed by atoms with van der Waals surface area (Å²) in [6.07, 6.45) is 81.2. The average Bonchev–Trinajstić information content (AvgIpc) is 3.39. The summed E-state index contributed by atoms with van der Waals surface area (Å²) in [4.78, 5) is 38.3. The molecule has 0 fully saturated rings. The number of ether oxygens (including phenoxy) is 3. The van der Waals surface area contributed by atoms with Crippen molar-refractivity contribution in [1.82, 2.24) is 0 Å². The van der Waals surface area contributed by atoms with E-state index >= 15 is 0 Å². The number of hydrogen-bond donors (Lipinski definition) is 0. The van der Waals surface area contributed by atoms with Crippen LogP contribution >= 0.6 is 0 Å². The first-order valence-corrected chi connectivity index (χ1v) is 30.7. The van der Waals surface area contributed by atoms with Gasteiger partial charge in [-0.2, -0.15) is 0 Å². The van der Waals surface area contributed by atoms with Crippen LogP contribution in [0.3, 0.4) is 0 Å². The van der Waals surface area contributed by atoms with Crippen molar-refractivity contribution in [3.8, 4) is 0 Å². The van der Waals surface area contributed by atoms with Gasteiger partial charge in [-0.3, -0.25) is 14.4 Å². The summed E-state index contributed by atoms with van der Waals surface area (Å²) in [5, 5.41) is 0. The molecule has 1 atom stereocenters. The van der Waals surface area contributed by atoms with E-state index in [1.807, 2.05) is 0 Å². The van der Waals surface area contributed by atoms with Crippen LogP contribution in [0.15, 0.2) is 97.2 Å². The van der Waals surface area contributed by atoms with Gasteiger partial charge in [0.25, 0.3) is 0 Å². The molecule has 0 spiro atoms. The second-order valence-corrected chi connectivity index (χ2v) is 20.2. The molecule has 0 heterocycles. The van der Waals surface area contributed by atoms with Crippen LogP contribution < -0.4 is 0 Å². The zero-order valence-electron chi connectivity index (χ0n) is 47.9.